The molecule has 0 fully saturated rings. The highest BCUT2D eigenvalue weighted by Crippen LogP contribution is 2.33. The molecule has 4 aromatic rings. The zero-order chi connectivity index (χ0) is 22.3. The van der Waals surface area contributed by atoms with Crippen molar-refractivity contribution < 1.29 is 27.1 Å². The molecule has 0 saturated carbocycles. The number of anilines is 2. The molecule has 0 radical (unpaired) electrons. The number of benzene rings is 2. The van der Waals surface area contributed by atoms with Gasteiger partial charge in [0.05, 0.1) is 26.8 Å². The summed E-state index contributed by atoms with van der Waals surface area (Å²) < 4.78 is 57.6. The summed E-state index contributed by atoms with van der Waals surface area (Å²) in [5.74, 6) is -1.23. The van der Waals surface area contributed by atoms with Gasteiger partial charge in [-0.05, 0) is 25.1 Å². The molecule has 0 aliphatic rings. The van der Waals surface area contributed by atoms with Crippen molar-refractivity contribution in [2.45, 2.75) is 13.3 Å². The molecule has 0 saturated heterocycles. The van der Waals surface area contributed by atoms with Crippen molar-refractivity contribution in [1.29, 1.82) is 0 Å². The molecule has 2 aromatic heterocycles. The standard InChI is InChI=1S/C19H15F4N5O2S/c1-3-24-16(29)10-7-13-14(8-11(10)20)28(2)17(25-13)27-18-26-12-5-4-9(6-15(12)31-18)30-19(21,22)23/h4-8H,3H2,1-2H3,(H,24,29)(H,25,26,27). The van der Waals surface area contributed by atoms with Crippen LogP contribution < -0.4 is 15.4 Å². The number of aryl methyl sites for hydroxylation is 1. The molecular formula is C19H15F4N5O2S. The van der Waals surface area contributed by atoms with Gasteiger partial charge < -0.3 is 19.9 Å². The van der Waals surface area contributed by atoms with Crippen molar-refractivity contribution in [3.05, 3.63) is 41.7 Å². The SMILES string of the molecule is CCNC(=O)c1cc2nc(Nc3nc4ccc(OC(F)(F)F)cc4s3)n(C)c2cc1F. The summed E-state index contributed by atoms with van der Waals surface area (Å²) in [6, 6.07) is 6.42. The number of rotatable bonds is 5. The Bertz CT molecular complexity index is 1300. The average molecular weight is 453 g/mol. The van der Waals surface area contributed by atoms with Crippen LogP contribution in [0.1, 0.15) is 17.3 Å². The molecule has 0 aliphatic heterocycles. The molecule has 0 spiro atoms. The molecule has 31 heavy (non-hydrogen) atoms. The summed E-state index contributed by atoms with van der Waals surface area (Å²) in [6.07, 6.45) is -4.78. The van der Waals surface area contributed by atoms with Crippen LogP contribution in [-0.4, -0.2) is 33.3 Å². The summed E-state index contributed by atoms with van der Waals surface area (Å²) in [7, 11) is 1.66. The van der Waals surface area contributed by atoms with E-state index in [2.05, 4.69) is 25.3 Å². The second-order valence-corrected chi connectivity index (χ2v) is 7.53. The normalized spacial score (nSPS) is 11.8. The first-order valence-corrected chi connectivity index (χ1v) is 9.84. The van der Waals surface area contributed by atoms with Crippen LogP contribution in [-0.2, 0) is 7.05 Å². The van der Waals surface area contributed by atoms with E-state index in [4.69, 9.17) is 0 Å². The molecule has 0 bridgehead atoms. The largest absolute Gasteiger partial charge is 0.573 e. The lowest BCUT2D eigenvalue weighted by Crippen LogP contribution is -2.23. The molecule has 0 aliphatic carbocycles. The molecule has 0 atom stereocenters. The first-order valence-electron chi connectivity index (χ1n) is 9.02. The van der Waals surface area contributed by atoms with Crippen LogP contribution in [0, 0.1) is 5.82 Å². The predicted molar refractivity (Wildman–Crippen MR) is 108 cm³/mol. The minimum atomic E-state index is -4.78. The van der Waals surface area contributed by atoms with Gasteiger partial charge in [0.1, 0.15) is 11.6 Å². The zero-order valence-electron chi connectivity index (χ0n) is 16.2. The Kier molecular flexibility index (Phi) is 5.17. The van der Waals surface area contributed by atoms with Gasteiger partial charge in [0.2, 0.25) is 5.95 Å². The monoisotopic (exact) mass is 453 g/mol. The maximum absolute atomic E-state index is 14.4. The van der Waals surface area contributed by atoms with Crippen molar-refractivity contribution in [3.8, 4) is 5.75 Å². The number of carbonyl (C=O) groups is 1. The summed E-state index contributed by atoms with van der Waals surface area (Å²) in [4.78, 5) is 20.7. The highest BCUT2D eigenvalue weighted by Gasteiger charge is 2.31. The topological polar surface area (TPSA) is 81.1 Å². The fourth-order valence-electron chi connectivity index (χ4n) is 3.01. The van der Waals surface area contributed by atoms with E-state index in [1.807, 2.05) is 0 Å². The predicted octanol–water partition coefficient (Wildman–Crippen LogP) is 4.71. The molecule has 12 heteroatoms. The van der Waals surface area contributed by atoms with Crippen molar-refractivity contribution >= 4 is 49.6 Å². The van der Waals surface area contributed by atoms with Crippen LogP contribution >= 0.6 is 11.3 Å². The van der Waals surface area contributed by atoms with Gasteiger partial charge in [0.15, 0.2) is 5.13 Å². The average Bonchev–Trinajstić information content (AvgIpc) is 3.20. The number of hydrogen-bond donors (Lipinski definition) is 2. The van der Waals surface area contributed by atoms with E-state index in [9.17, 15) is 22.4 Å². The number of imidazole rings is 1. The second kappa shape index (κ2) is 7.69. The summed E-state index contributed by atoms with van der Waals surface area (Å²) in [5.41, 5.74) is 1.21. The Hall–Kier alpha value is -3.41. The Balaban J connectivity index is 1.65. The van der Waals surface area contributed by atoms with Gasteiger partial charge in [-0.15, -0.1) is 13.2 Å². The van der Waals surface area contributed by atoms with E-state index in [0.717, 1.165) is 11.3 Å². The maximum Gasteiger partial charge on any atom is 0.573 e. The van der Waals surface area contributed by atoms with Gasteiger partial charge in [0.25, 0.3) is 5.91 Å². The van der Waals surface area contributed by atoms with Gasteiger partial charge >= 0.3 is 6.36 Å². The molecule has 162 valence electrons. The van der Waals surface area contributed by atoms with Gasteiger partial charge in [-0.2, -0.15) is 0 Å². The molecule has 2 heterocycles. The zero-order valence-corrected chi connectivity index (χ0v) is 17.0. The summed E-state index contributed by atoms with van der Waals surface area (Å²) in [5, 5.41) is 5.91. The lowest BCUT2D eigenvalue weighted by atomic mass is 10.1. The molecule has 7 nitrogen and oxygen atoms in total. The number of amides is 1. The fraction of sp³-hybridized carbons (Fsp3) is 0.211. The number of alkyl halides is 3. The van der Waals surface area contributed by atoms with E-state index in [-0.39, 0.29) is 11.3 Å². The van der Waals surface area contributed by atoms with E-state index in [1.165, 1.54) is 30.3 Å². The van der Waals surface area contributed by atoms with E-state index in [0.29, 0.717) is 38.9 Å². The van der Waals surface area contributed by atoms with Gasteiger partial charge in [0, 0.05) is 25.7 Å². The third-order valence-corrected chi connectivity index (χ3v) is 5.30. The van der Waals surface area contributed by atoms with E-state index < -0.39 is 18.1 Å². The Labute approximate surface area is 176 Å². The second-order valence-electron chi connectivity index (χ2n) is 6.50. The number of fused-ring (bicyclic) bond motifs is 2. The van der Waals surface area contributed by atoms with Crippen molar-refractivity contribution in [3.63, 3.8) is 0 Å². The van der Waals surface area contributed by atoms with E-state index in [1.54, 1.807) is 18.5 Å². The molecule has 4 rings (SSSR count). The van der Waals surface area contributed by atoms with Crippen LogP contribution in [0.4, 0.5) is 28.6 Å². The van der Waals surface area contributed by atoms with E-state index >= 15 is 0 Å². The fourth-order valence-corrected chi connectivity index (χ4v) is 3.89. The van der Waals surface area contributed by atoms with Crippen molar-refractivity contribution in [1.82, 2.24) is 19.9 Å². The van der Waals surface area contributed by atoms with Gasteiger partial charge in [-0.1, -0.05) is 11.3 Å². The van der Waals surface area contributed by atoms with Crippen LogP contribution in [0.5, 0.6) is 5.75 Å². The molecular weight excluding hydrogens is 438 g/mol. The smallest absolute Gasteiger partial charge is 0.406 e. The molecule has 0 unspecified atom stereocenters. The number of carbonyl (C=O) groups excluding carboxylic acids is 1. The molecule has 2 aromatic carbocycles. The third-order valence-electron chi connectivity index (χ3n) is 4.36. The van der Waals surface area contributed by atoms with Gasteiger partial charge in [-0.3, -0.25) is 4.79 Å². The van der Waals surface area contributed by atoms with Gasteiger partial charge in [-0.25, -0.2) is 14.4 Å². The number of halogens is 4. The maximum atomic E-state index is 14.4. The number of aromatic nitrogens is 3. The Morgan fingerprint density at radius 3 is 2.68 bits per heavy atom. The molecule has 1 amide bonds. The number of nitrogens with zero attached hydrogens (tertiary/aromatic N) is 3. The summed E-state index contributed by atoms with van der Waals surface area (Å²) in [6.45, 7) is 2.09. The first kappa shape index (κ1) is 20.8. The summed E-state index contributed by atoms with van der Waals surface area (Å²) >= 11 is 1.11. The minimum absolute atomic E-state index is 0.115. The lowest BCUT2D eigenvalue weighted by molar-refractivity contribution is -0.274. The quantitative estimate of drug-likeness (QED) is 0.428. The highest BCUT2D eigenvalue weighted by molar-refractivity contribution is 7.22. The minimum Gasteiger partial charge on any atom is -0.406 e. The number of hydrogen-bond acceptors (Lipinski definition) is 6. The van der Waals surface area contributed by atoms with Crippen molar-refractivity contribution in [2.75, 3.05) is 11.9 Å². The number of thiazole rings is 1. The number of ether oxygens (including phenoxy) is 1. The highest BCUT2D eigenvalue weighted by atomic mass is 32.1. The first-order chi connectivity index (χ1) is 14.6. The third kappa shape index (κ3) is 4.24. The van der Waals surface area contributed by atoms with Crippen LogP contribution in [0.15, 0.2) is 30.3 Å². The lowest BCUT2D eigenvalue weighted by Gasteiger charge is -2.07. The van der Waals surface area contributed by atoms with Crippen LogP contribution in [0.25, 0.3) is 21.3 Å². The number of nitrogens with one attached hydrogen (secondary N) is 2. The van der Waals surface area contributed by atoms with Crippen LogP contribution in [0.2, 0.25) is 0 Å². The van der Waals surface area contributed by atoms with Crippen LogP contribution in [0.3, 0.4) is 0 Å². The molecule has 2 N–H and O–H groups in total. The van der Waals surface area contributed by atoms with Crippen molar-refractivity contribution in [2.24, 2.45) is 7.05 Å². The Morgan fingerprint density at radius 1 is 1.19 bits per heavy atom. The Morgan fingerprint density at radius 2 is 1.97 bits per heavy atom.